The number of amides is 3. The Morgan fingerprint density at radius 2 is 1.85 bits per heavy atom. The lowest BCUT2D eigenvalue weighted by molar-refractivity contribution is -0.131. The van der Waals surface area contributed by atoms with Crippen LogP contribution in [0.3, 0.4) is 0 Å². The zero-order valence-corrected chi connectivity index (χ0v) is 27.3. The van der Waals surface area contributed by atoms with Crippen molar-refractivity contribution in [2.75, 3.05) is 70.3 Å². The van der Waals surface area contributed by atoms with Gasteiger partial charge in [-0.2, -0.15) is 0 Å². The number of hydrogen-bond donors (Lipinski definition) is 2. The van der Waals surface area contributed by atoms with Crippen molar-refractivity contribution >= 4 is 63.5 Å². The van der Waals surface area contributed by atoms with E-state index in [-0.39, 0.29) is 11.9 Å². The molecule has 12 heteroatoms. The van der Waals surface area contributed by atoms with Gasteiger partial charge in [0.25, 0.3) is 0 Å². The second-order valence-electron chi connectivity index (χ2n) is 9.20. The molecular weight excluding hydrogens is 587 g/mol. The van der Waals surface area contributed by atoms with Gasteiger partial charge in [0.15, 0.2) is 0 Å². The van der Waals surface area contributed by atoms with Crippen LogP contribution in [-0.2, 0) is 19.1 Å². The van der Waals surface area contributed by atoms with Crippen LogP contribution in [0.15, 0.2) is 24.3 Å². The van der Waals surface area contributed by atoms with Crippen LogP contribution in [0.25, 0.3) is 0 Å². The summed E-state index contributed by atoms with van der Waals surface area (Å²) < 4.78 is 10.2. The summed E-state index contributed by atoms with van der Waals surface area (Å²) in [6.07, 6.45) is 1.36. The molecule has 0 bridgehead atoms. The van der Waals surface area contributed by atoms with Crippen molar-refractivity contribution in [3.05, 3.63) is 44.8 Å². The van der Waals surface area contributed by atoms with Crippen molar-refractivity contribution in [3.8, 4) is 0 Å². The maximum absolute atomic E-state index is 12.1. The molecule has 0 atom stereocenters. The van der Waals surface area contributed by atoms with Crippen LogP contribution < -0.4 is 10.6 Å². The van der Waals surface area contributed by atoms with E-state index in [2.05, 4.69) is 30.5 Å². The van der Waals surface area contributed by atoms with Gasteiger partial charge >= 0.3 is 6.03 Å². The third-order valence-electron chi connectivity index (χ3n) is 5.88. The Morgan fingerprint density at radius 1 is 1.12 bits per heavy atom. The molecule has 1 aromatic heterocycles. The maximum Gasteiger partial charge on any atom is 0.324 e. The first kappa shape index (κ1) is 36.8. The summed E-state index contributed by atoms with van der Waals surface area (Å²) in [5.41, 5.74) is 1.54. The summed E-state index contributed by atoms with van der Waals surface area (Å²) in [4.78, 5) is 39.4. The van der Waals surface area contributed by atoms with Crippen molar-refractivity contribution in [1.82, 2.24) is 9.80 Å². The van der Waals surface area contributed by atoms with Crippen LogP contribution in [-0.4, -0.2) is 87.7 Å². The molecule has 0 unspecified atom stereocenters. The van der Waals surface area contributed by atoms with E-state index >= 15 is 0 Å². The van der Waals surface area contributed by atoms with E-state index < -0.39 is 0 Å². The molecule has 41 heavy (non-hydrogen) atoms. The number of anilines is 2. The number of methoxy groups -OCH3 is 1. The number of urea groups is 1. The molecule has 3 rings (SSSR count). The van der Waals surface area contributed by atoms with E-state index in [0.717, 1.165) is 23.4 Å². The normalized spacial score (nSPS) is 13.5. The Morgan fingerprint density at radius 3 is 2.49 bits per heavy atom. The van der Waals surface area contributed by atoms with Gasteiger partial charge in [-0.1, -0.05) is 57.0 Å². The van der Waals surface area contributed by atoms with Crippen LogP contribution in [0.2, 0.25) is 10.0 Å². The molecular formula is C29H44Cl2N4O5S. The second-order valence-corrected chi connectivity index (χ2v) is 11.1. The Bertz CT molecular complexity index is 1080. The average Bonchev–Trinajstić information content (AvgIpc) is 3.22. The van der Waals surface area contributed by atoms with E-state index in [1.807, 2.05) is 25.7 Å². The fourth-order valence-electron chi connectivity index (χ4n) is 3.63. The Hall–Kier alpha value is -2.21. The summed E-state index contributed by atoms with van der Waals surface area (Å²) in [7, 11) is 1.63. The zero-order chi connectivity index (χ0) is 30.8. The van der Waals surface area contributed by atoms with Gasteiger partial charge in [-0.3, -0.25) is 15.0 Å². The molecule has 0 radical (unpaired) electrons. The number of ether oxygens (including phenoxy) is 2. The standard InChI is InChI=1S/C15H16Cl2N2OS.C12H22N2O4.C2H6/c1-8(2)12-7-9(3)14(21-12)19-15(20)18-11-6-4-5-10(16)13(11)17;1-17-10-11-18-9-7-14-5-4-13(6-8-15)3-2-12(14)16;1-2/h4-8H,1-3H3,(H2,18,19,20);8H,2-7,9-11H2,1H3;1-2H3. The van der Waals surface area contributed by atoms with Crippen LogP contribution in [0.4, 0.5) is 15.5 Å². The van der Waals surface area contributed by atoms with Crippen molar-refractivity contribution in [2.24, 2.45) is 0 Å². The Labute approximate surface area is 258 Å². The summed E-state index contributed by atoms with van der Waals surface area (Å²) in [6.45, 7) is 15.0. The Balaban J connectivity index is 0.000000391. The minimum atomic E-state index is -0.334. The molecule has 0 aliphatic carbocycles. The fraction of sp³-hybridized carbons (Fsp3) is 0.552. The first-order valence-corrected chi connectivity index (χ1v) is 15.4. The molecule has 1 aromatic carbocycles. The maximum atomic E-state index is 12.1. The predicted molar refractivity (Wildman–Crippen MR) is 170 cm³/mol. The lowest BCUT2D eigenvalue weighted by Crippen LogP contribution is -2.36. The molecule has 1 saturated heterocycles. The molecule has 1 fully saturated rings. The minimum Gasteiger partial charge on any atom is -0.382 e. The number of rotatable bonds is 11. The number of aryl methyl sites for hydroxylation is 1. The van der Waals surface area contributed by atoms with Crippen LogP contribution in [0.1, 0.15) is 50.5 Å². The number of nitrogens with zero attached hydrogens (tertiary/aromatic N) is 2. The summed E-state index contributed by atoms with van der Waals surface area (Å²) in [5, 5.41) is 7.13. The van der Waals surface area contributed by atoms with Gasteiger partial charge in [0.1, 0.15) is 6.29 Å². The van der Waals surface area contributed by atoms with Gasteiger partial charge in [-0.05, 0) is 36.6 Å². The molecule has 230 valence electrons. The number of carbonyl (C=O) groups is 3. The van der Waals surface area contributed by atoms with Crippen molar-refractivity contribution in [3.63, 3.8) is 0 Å². The van der Waals surface area contributed by atoms with Gasteiger partial charge in [-0.15, -0.1) is 11.3 Å². The largest absolute Gasteiger partial charge is 0.382 e. The van der Waals surface area contributed by atoms with E-state index in [0.29, 0.717) is 74.1 Å². The molecule has 0 spiro atoms. The third kappa shape index (κ3) is 13.5. The molecule has 9 nitrogen and oxygen atoms in total. The van der Waals surface area contributed by atoms with Crippen molar-refractivity contribution < 1.29 is 23.9 Å². The molecule has 2 N–H and O–H groups in total. The number of carbonyl (C=O) groups excluding carboxylic acids is 3. The minimum absolute atomic E-state index is 0.138. The highest BCUT2D eigenvalue weighted by atomic mass is 35.5. The van der Waals surface area contributed by atoms with Gasteiger partial charge in [0, 0.05) is 44.6 Å². The summed E-state index contributed by atoms with van der Waals surface area (Å²) >= 11 is 13.5. The van der Waals surface area contributed by atoms with E-state index in [1.54, 1.807) is 41.5 Å². The lowest BCUT2D eigenvalue weighted by Gasteiger charge is -2.21. The SMILES string of the molecule is CC.COCCOCCN1CCN(CC=O)CCC1=O.Cc1cc(C(C)C)sc1NC(=O)Nc1cccc(Cl)c1Cl. The van der Waals surface area contributed by atoms with Crippen molar-refractivity contribution in [1.29, 1.82) is 0 Å². The zero-order valence-electron chi connectivity index (χ0n) is 24.9. The topological polar surface area (TPSA) is 100 Å². The van der Waals surface area contributed by atoms with Crippen LogP contribution in [0.5, 0.6) is 0 Å². The van der Waals surface area contributed by atoms with E-state index in [4.69, 9.17) is 32.7 Å². The number of hydrogen-bond acceptors (Lipinski definition) is 7. The number of benzene rings is 1. The highest BCUT2D eigenvalue weighted by Crippen LogP contribution is 2.33. The molecule has 2 heterocycles. The first-order chi connectivity index (χ1) is 19.7. The van der Waals surface area contributed by atoms with Crippen LogP contribution in [0, 0.1) is 6.92 Å². The van der Waals surface area contributed by atoms with Gasteiger partial charge in [0.05, 0.1) is 47.1 Å². The first-order valence-electron chi connectivity index (χ1n) is 13.8. The number of aldehydes is 1. The Kier molecular flexibility index (Phi) is 18.5. The monoisotopic (exact) mass is 630 g/mol. The number of nitrogens with one attached hydrogen (secondary N) is 2. The van der Waals surface area contributed by atoms with Gasteiger partial charge < -0.3 is 24.5 Å². The molecule has 3 amide bonds. The van der Waals surface area contributed by atoms with Gasteiger partial charge in [-0.25, -0.2) is 4.79 Å². The van der Waals surface area contributed by atoms with Crippen molar-refractivity contribution in [2.45, 2.75) is 47.0 Å². The average molecular weight is 632 g/mol. The highest BCUT2D eigenvalue weighted by Gasteiger charge is 2.20. The molecule has 0 saturated carbocycles. The number of halogens is 2. The summed E-state index contributed by atoms with van der Waals surface area (Å²) in [6, 6.07) is 6.87. The predicted octanol–water partition coefficient (Wildman–Crippen LogP) is 6.54. The third-order valence-corrected chi connectivity index (χ3v) is 8.16. The molecule has 2 aromatic rings. The summed E-state index contributed by atoms with van der Waals surface area (Å²) in [5.74, 6) is 0.577. The fourth-order valence-corrected chi connectivity index (χ4v) is 5.04. The van der Waals surface area contributed by atoms with E-state index in [1.165, 1.54) is 4.88 Å². The second kappa shape index (κ2) is 20.6. The highest BCUT2D eigenvalue weighted by molar-refractivity contribution is 7.16. The number of thiophene rings is 1. The lowest BCUT2D eigenvalue weighted by atomic mass is 10.1. The van der Waals surface area contributed by atoms with Gasteiger partial charge in [0.2, 0.25) is 5.91 Å². The smallest absolute Gasteiger partial charge is 0.324 e. The molecule has 1 aliphatic rings. The quantitative estimate of drug-likeness (QED) is 0.216. The van der Waals surface area contributed by atoms with Crippen LogP contribution >= 0.6 is 34.5 Å². The molecule has 1 aliphatic heterocycles. The van der Waals surface area contributed by atoms with E-state index in [9.17, 15) is 14.4 Å².